The second kappa shape index (κ2) is 7.88. The zero-order valence-corrected chi connectivity index (χ0v) is 15.2. The number of aliphatic hydroxyl groups is 1. The number of β-amino-alcohol motifs (C(OH)–C–C–N with tert-alkyl or cyclic N) is 1. The van der Waals surface area contributed by atoms with E-state index in [0.29, 0.717) is 19.5 Å². The number of H-pyrrole nitrogens is 1. The lowest BCUT2D eigenvalue weighted by Gasteiger charge is -2.16. The maximum absolute atomic E-state index is 12.5. The van der Waals surface area contributed by atoms with Gasteiger partial charge in [-0.2, -0.15) is 5.10 Å². The number of carbonyl (C=O) groups is 1. The van der Waals surface area contributed by atoms with Crippen LogP contribution in [0.3, 0.4) is 0 Å². The van der Waals surface area contributed by atoms with E-state index in [2.05, 4.69) is 21.2 Å². The van der Waals surface area contributed by atoms with Gasteiger partial charge in [-0.25, -0.2) is 0 Å². The maximum atomic E-state index is 12.5. The Morgan fingerprint density at radius 1 is 1.26 bits per heavy atom. The summed E-state index contributed by atoms with van der Waals surface area (Å²) in [5.74, 6) is 0.188. The van der Waals surface area contributed by atoms with Gasteiger partial charge in [0.2, 0.25) is 5.91 Å². The van der Waals surface area contributed by atoms with E-state index in [0.717, 1.165) is 35.7 Å². The van der Waals surface area contributed by atoms with Crippen molar-refractivity contribution in [3.05, 3.63) is 60.0 Å². The molecule has 140 valence electrons. The van der Waals surface area contributed by atoms with Gasteiger partial charge < -0.3 is 10.0 Å². The van der Waals surface area contributed by atoms with Gasteiger partial charge in [-0.3, -0.25) is 14.9 Å². The number of carbonyl (C=O) groups excluding carboxylic acids is 1. The monoisotopic (exact) mass is 364 g/mol. The molecule has 0 radical (unpaired) electrons. The largest absolute Gasteiger partial charge is 0.391 e. The van der Waals surface area contributed by atoms with E-state index in [1.54, 1.807) is 6.20 Å². The van der Waals surface area contributed by atoms with Gasteiger partial charge in [-0.15, -0.1) is 0 Å². The molecule has 0 bridgehead atoms. The van der Waals surface area contributed by atoms with Crippen molar-refractivity contribution in [2.45, 2.75) is 31.8 Å². The van der Waals surface area contributed by atoms with Crippen molar-refractivity contribution in [1.82, 2.24) is 20.1 Å². The molecular weight excluding hydrogens is 340 g/mol. The lowest BCUT2D eigenvalue weighted by Crippen LogP contribution is -2.29. The van der Waals surface area contributed by atoms with E-state index in [1.165, 1.54) is 5.56 Å². The first kappa shape index (κ1) is 17.7. The molecule has 2 atom stereocenters. The molecule has 1 aliphatic rings. The van der Waals surface area contributed by atoms with Crippen molar-refractivity contribution in [2.75, 3.05) is 13.1 Å². The fourth-order valence-electron chi connectivity index (χ4n) is 3.89. The molecule has 1 fully saturated rings. The first-order valence-electron chi connectivity index (χ1n) is 9.47. The number of para-hydroxylation sites is 1. The standard InChI is InChI=1S/C21H24N4O2/c26-20-14-25(21(27)7-3-4-15-11-23-24-12-15)13-17(20)10-16-8-9-22-19-6-2-1-5-18(16)19/h1-2,5-6,8-9,11-12,17,20,26H,3-4,7,10,13-14H2,(H,23,24)/t17-,20+/m1/s1. The van der Waals surface area contributed by atoms with Gasteiger partial charge in [0.1, 0.15) is 0 Å². The summed E-state index contributed by atoms with van der Waals surface area (Å²) < 4.78 is 0. The van der Waals surface area contributed by atoms with Crippen LogP contribution in [0.25, 0.3) is 10.9 Å². The summed E-state index contributed by atoms with van der Waals surface area (Å²) in [5, 5.41) is 18.3. The number of fused-ring (bicyclic) bond motifs is 1. The predicted molar refractivity (Wildman–Crippen MR) is 103 cm³/mol. The zero-order valence-electron chi connectivity index (χ0n) is 15.2. The van der Waals surface area contributed by atoms with Gasteiger partial charge in [0, 0.05) is 43.2 Å². The second-order valence-electron chi connectivity index (χ2n) is 7.28. The van der Waals surface area contributed by atoms with Gasteiger partial charge in [0.25, 0.3) is 0 Å². The molecule has 0 spiro atoms. The molecule has 2 aromatic heterocycles. The SMILES string of the molecule is O=C(CCCc1cn[nH]c1)N1C[C@@H](Cc2ccnc3ccccc23)[C@@H](O)C1. The van der Waals surface area contributed by atoms with Gasteiger partial charge in [-0.1, -0.05) is 18.2 Å². The molecule has 1 aromatic carbocycles. The van der Waals surface area contributed by atoms with E-state index >= 15 is 0 Å². The minimum absolute atomic E-state index is 0.0635. The predicted octanol–water partition coefficient (Wildman–Crippen LogP) is 2.34. The average molecular weight is 364 g/mol. The fraction of sp³-hybridized carbons (Fsp3) is 0.381. The minimum atomic E-state index is -0.477. The van der Waals surface area contributed by atoms with E-state index in [9.17, 15) is 9.90 Å². The molecule has 3 heterocycles. The highest BCUT2D eigenvalue weighted by Crippen LogP contribution is 2.26. The Morgan fingerprint density at radius 2 is 2.15 bits per heavy atom. The smallest absolute Gasteiger partial charge is 0.222 e. The average Bonchev–Trinajstić information content (AvgIpc) is 3.32. The maximum Gasteiger partial charge on any atom is 0.222 e. The van der Waals surface area contributed by atoms with Crippen LogP contribution in [-0.4, -0.2) is 50.3 Å². The van der Waals surface area contributed by atoms with Crippen molar-refractivity contribution in [2.24, 2.45) is 5.92 Å². The molecule has 1 aliphatic heterocycles. The Bertz CT molecular complexity index is 904. The van der Waals surface area contributed by atoms with Gasteiger partial charge in [-0.05, 0) is 42.5 Å². The Hall–Kier alpha value is -2.73. The van der Waals surface area contributed by atoms with Crippen LogP contribution in [0, 0.1) is 5.92 Å². The lowest BCUT2D eigenvalue weighted by molar-refractivity contribution is -0.130. The second-order valence-corrected chi connectivity index (χ2v) is 7.28. The third-order valence-corrected chi connectivity index (χ3v) is 5.39. The van der Waals surface area contributed by atoms with Crippen molar-refractivity contribution in [3.8, 4) is 0 Å². The first-order valence-corrected chi connectivity index (χ1v) is 9.47. The van der Waals surface area contributed by atoms with Crippen LogP contribution in [0.2, 0.25) is 0 Å². The summed E-state index contributed by atoms with van der Waals surface area (Å²) in [6.45, 7) is 1.04. The van der Waals surface area contributed by atoms with Crippen LogP contribution in [0.4, 0.5) is 0 Å². The number of aryl methyl sites for hydroxylation is 1. The van der Waals surface area contributed by atoms with Crippen molar-refractivity contribution < 1.29 is 9.90 Å². The first-order chi connectivity index (χ1) is 13.2. The molecule has 1 amide bonds. The number of rotatable bonds is 6. The van der Waals surface area contributed by atoms with Crippen molar-refractivity contribution >= 4 is 16.8 Å². The summed E-state index contributed by atoms with van der Waals surface area (Å²) in [4.78, 5) is 18.7. The fourth-order valence-corrected chi connectivity index (χ4v) is 3.89. The van der Waals surface area contributed by atoms with Crippen LogP contribution in [0.1, 0.15) is 24.0 Å². The number of aromatic nitrogens is 3. The van der Waals surface area contributed by atoms with Gasteiger partial charge in [0.15, 0.2) is 0 Å². The zero-order chi connectivity index (χ0) is 18.6. The summed E-state index contributed by atoms with van der Waals surface area (Å²) in [5.41, 5.74) is 3.26. The quantitative estimate of drug-likeness (QED) is 0.703. The highest BCUT2D eigenvalue weighted by atomic mass is 16.3. The number of hydrogen-bond acceptors (Lipinski definition) is 4. The Morgan fingerprint density at radius 3 is 3.00 bits per heavy atom. The molecule has 1 saturated heterocycles. The molecule has 0 aliphatic carbocycles. The molecule has 0 unspecified atom stereocenters. The topological polar surface area (TPSA) is 82.1 Å². The molecule has 27 heavy (non-hydrogen) atoms. The van der Waals surface area contributed by atoms with Crippen LogP contribution in [0.5, 0.6) is 0 Å². The number of pyridine rings is 1. The van der Waals surface area contributed by atoms with E-state index < -0.39 is 6.10 Å². The summed E-state index contributed by atoms with van der Waals surface area (Å²) in [6, 6.07) is 10.1. The Kier molecular flexibility index (Phi) is 5.16. The number of benzene rings is 1. The molecule has 6 nitrogen and oxygen atoms in total. The lowest BCUT2D eigenvalue weighted by atomic mass is 9.94. The summed E-state index contributed by atoms with van der Waals surface area (Å²) >= 11 is 0. The molecule has 4 rings (SSSR count). The van der Waals surface area contributed by atoms with E-state index in [1.807, 2.05) is 41.6 Å². The van der Waals surface area contributed by atoms with E-state index in [4.69, 9.17) is 0 Å². The molecule has 6 heteroatoms. The van der Waals surface area contributed by atoms with Crippen LogP contribution in [0.15, 0.2) is 48.9 Å². The van der Waals surface area contributed by atoms with Crippen molar-refractivity contribution in [3.63, 3.8) is 0 Å². The molecule has 2 N–H and O–H groups in total. The number of aliphatic hydroxyl groups excluding tert-OH is 1. The highest BCUT2D eigenvalue weighted by Gasteiger charge is 2.33. The molecule has 3 aromatic rings. The highest BCUT2D eigenvalue weighted by molar-refractivity contribution is 5.82. The minimum Gasteiger partial charge on any atom is -0.391 e. The number of nitrogens with zero attached hydrogens (tertiary/aromatic N) is 3. The van der Waals surface area contributed by atoms with Gasteiger partial charge in [0.05, 0.1) is 17.8 Å². The number of hydrogen-bond donors (Lipinski definition) is 2. The number of likely N-dealkylation sites (tertiary alicyclic amines) is 1. The molecular formula is C21H24N4O2. The Balaban J connectivity index is 1.35. The van der Waals surface area contributed by atoms with Crippen LogP contribution >= 0.6 is 0 Å². The third kappa shape index (κ3) is 4.01. The third-order valence-electron chi connectivity index (χ3n) is 5.39. The van der Waals surface area contributed by atoms with E-state index in [-0.39, 0.29) is 11.8 Å². The number of nitrogens with one attached hydrogen (secondary N) is 1. The van der Waals surface area contributed by atoms with Crippen LogP contribution in [-0.2, 0) is 17.6 Å². The molecule has 0 saturated carbocycles. The Labute approximate surface area is 158 Å². The van der Waals surface area contributed by atoms with Crippen LogP contribution < -0.4 is 0 Å². The summed E-state index contributed by atoms with van der Waals surface area (Å²) in [6.07, 6.45) is 7.88. The normalized spacial score (nSPS) is 19.7. The summed E-state index contributed by atoms with van der Waals surface area (Å²) in [7, 11) is 0. The number of amides is 1. The van der Waals surface area contributed by atoms with Crippen molar-refractivity contribution in [1.29, 1.82) is 0 Å². The van der Waals surface area contributed by atoms with Gasteiger partial charge >= 0.3 is 0 Å². The number of aromatic amines is 1.